The number of aryl methyl sites for hydroxylation is 1. The van der Waals surface area contributed by atoms with Crippen LogP contribution < -0.4 is 14.8 Å². The van der Waals surface area contributed by atoms with Gasteiger partial charge in [-0.1, -0.05) is 13.8 Å². The molecule has 2 rings (SSSR count). The molecule has 11 nitrogen and oxygen atoms in total. The number of amides is 1. The van der Waals surface area contributed by atoms with Crippen molar-refractivity contribution in [2.24, 2.45) is 0 Å². The molecule has 12 heteroatoms. The Morgan fingerprint density at radius 1 is 1.21 bits per heavy atom. The number of rotatable bonds is 11. The fourth-order valence-electron chi connectivity index (χ4n) is 2.91. The standard InChI is InChI=1S/C21H31N5O6S/c1-7-13(4)22-20(27)19-15(6)21(25(9-3)23-19)32-17-11-10-16(26(28)29)12-18(17)33(30,31)24-14(5)8-2/h10-14,24H,7-9H2,1-6H3,(H,22,27)/t13-,14+/m1/s1. The second-order valence-corrected chi connectivity index (χ2v) is 9.48. The smallest absolute Gasteiger partial charge is 0.272 e. The van der Waals surface area contributed by atoms with Gasteiger partial charge in [0, 0.05) is 36.3 Å². The lowest BCUT2D eigenvalue weighted by Gasteiger charge is -2.16. The van der Waals surface area contributed by atoms with Gasteiger partial charge in [0.1, 0.15) is 10.6 Å². The molecule has 2 atom stereocenters. The maximum atomic E-state index is 13.0. The Hall–Kier alpha value is -2.99. The molecular formula is C21H31N5O6S. The van der Waals surface area contributed by atoms with Crippen molar-refractivity contribution in [3.8, 4) is 11.6 Å². The molecule has 0 fully saturated rings. The number of non-ortho nitro benzene ring substituents is 1. The predicted molar refractivity (Wildman–Crippen MR) is 123 cm³/mol. The molecule has 0 aliphatic carbocycles. The zero-order chi connectivity index (χ0) is 24.9. The van der Waals surface area contributed by atoms with Gasteiger partial charge in [-0.25, -0.2) is 17.8 Å². The summed E-state index contributed by atoms with van der Waals surface area (Å²) in [4.78, 5) is 22.9. The molecule has 1 amide bonds. The highest BCUT2D eigenvalue weighted by atomic mass is 32.2. The minimum absolute atomic E-state index is 0.0499. The number of nitro groups is 1. The van der Waals surface area contributed by atoms with Crippen molar-refractivity contribution in [3.05, 3.63) is 39.6 Å². The summed E-state index contributed by atoms with van der Waals surface area (Å²) in [7, 11) is -4.13. The van der Waals surface area contributed by atoms with Gasteiger partial charge in [-0.05, 0) is 46.6 Å². The number of aromatic nitrogens is 2. The number of carbonyl (C=O) groups excluding carboxylic acids is 1. The largest absolute Gasteiger partial charge is 0.438 e. The van der Waals surface area contributed by atoms with Crippen molar-refractivity contribution in [2.75, 3.05) is 0 Å². The first kappa shape index (κ1) is 26.3. The number of nitrogens with one attached hydrogen (secondary N) is 2. The summed E-state index contributed by atoms with van der Waals surface area (Å²) in [5.74, 6) is -0.294. The highest BCUT2D eigenvalue weighted by Crippen LogP contribution is 2.34. The van der Waals surface area contributed by atoms with Gasteiger partial charge in [-0.2, -0.15) is 5.10 Å². The number of nitro benzene ring substituents is 1. The highest BCUT2D eigenvalue weighted by molar-refractivity contribution is 7.89. The Kier molecular flexibility index (Phi) is 8.56. The molecule has 1 aromatic heterocycles. The van der Waals surface area contributed by atoms with E-state index in [2.05, 4.69) is 15.1 Å². The molecule has 33 heavy (non-hydrogen) atoms. The predicted octanol–water partition coefficient (Wildman–Crippen LogP) is 3.52. The molecule has 0 saturated heterocycles. The van der Waals surface area contributed by atoms with E-state index in [9.17, 15) is 23.3 Å². The van der Waals surface area contributed by atoms with E-state index < -0.39 is 14.9 Å². The van der Waals surface area contributed by atoms with Crippen LogP contribution in [0, 0.1) is 17.0 Å². The fraction of sp³-hybridized carbons (Fsp3) is 0.524. The third kappa shape index (κ3) is 6.08. The van der Waals surface area contributed by atoms with Crippen molar-refractivity contribution in [3.63, 3.8) is 0 Å². The molecule has 0 unspecified atom stereocenters. The zero-order valence-electron chi connectivity index (χ0n) is 19.7. The van der Waals surface area contributed by atoms with E-state index in [1.54, 1.807) is 20.8 Å². The van der Waals surface area contributed by atoms with Crippen LogP contribution in [0.4, 0.5) is 5.69 Å². The summed E-state index contributed by atoms with van der Waals surface area (Å²) in [5.41, 5.74) is 0.201. The molecule has 2 aromatic rings. The van der Waals surface area contributed by atoms with Crippen LogP contribution in [0.3, 0.4) is 0 Å². The number of benzene rings is 1. The summed E-state index contributed by atoms with van der Waals surface area (Å²) in [6, 6.07) is 2.91. The molecule has 0 bridgehead atoms. The third-order valence-electron chi connectivity index (χ3n) is 5.24. The second kappa shape index (κ2) is 10.8. The maximum absolute atomic E-state index is 13.0. The Morgan fingerprint density at radius 2 is 1.85 bits per heavy atom. The van der Waals surface area contributed by atoms with Crippen LogP contribution in [0.2, 0.25) is 0 Å². The highest BCUT2D eigenvalue weighted by Gasteiger charge is 2.28. The Balaban J connectivity index is 2.56. The number of hydrogen-bond donors (Lipinski definition) is 2. The van der Waals surface area contributed by atoms with Crippen LogP contribution in [0.15, 0.2) is 23.1 Å². The number of carbonyl (C=O) groups is 1. The molecule has 182 valence electrons. The lowest BCUT2D eigenvalue weighted by molar-refractivity contribution is -0.385. The monoisotopic (exact) mass is 481 g/mol. The molecule has 0 aliphatic rings. The second-order valence-electron chi connectivity index (χ2n) is 7.80. The van der Waals surface area contributed by atoms with E-state index in [4.69, 9.17) is 4.74 Å². The van der Waals surface area contributed by atoms with Gasteiger partial charge < -0.3 is 10.1 Å². The topological polar surface area (TPSA) is 145 Å². The summed E-state index contributed by atoms with van der Waals surface area (Å²) < 4.78 is 35.9. The Morgan fingerprint density at radius 3 is 2.39 bits per heavy atom. The quantitative estimate of drug-likeness (QED) is 0.369. The summed E-state index contributed by atoms with van der Waals surface area (Å²) in [5, 5.41) is 18.4. The molecule has 0 spiro atoms. The van der Waals surface area contributed by atoms with Gasteiger partial charge in [0.25, 0.3) is 11.6 Å². The van der Waals surface area contributed by atoms with Crippen LogP contribution in [-0.2, 0) is 16.6 Å². The van der Waals surface area contributed by atoms with Gasteiger partial charge in [-0.15, -0.1) is 0 Å². The lowest BCUT2D eigenvalue weighted by Crippen LogP contribution is -2.32. The van der Waals surface area contributed by atoms with Crippen LogP contribution in [-0.4, -0.2) is 41.1 Å². The van der Waals surface area contributed by atoms with Crippen LogP contribution in [0.5, 0.6) is 11.6 Å². The third-order valence-corrected chi connectivity index (χ3v) is 6.85. The number of ether oxygens (including phenoxy) is 1. The number of nitrogens with zero attached hydrogens (tertiary/aromatic N) is 3. The van der Waals surface area contributed by atoms with Crippen LogP contribution >= 0.6 is 0 Å². The minimum Gasteiger partial charge on any atom is -0.438 e. The minimum atomic E-state index is -4.13. The first-order chi connectivity index (χ1) is 15.4. The average molecular weight is 482 g/mol. The van der Waals surface area contributed by atoms with Gasteiger partial charge in [0.15, 0.2) is 5.69 Å². The van der Waals surface area contributed by atoms with Gasteiger partial charge in [0.2, 0.25) is 15.9 Å². The van der Waals surface area contributed by atoms with Gasteiger partial charge in [0.05, 0.1) is 4.92 Å². The SMILES string of the molecule is CC[C@@H](C)NC(=O)c1nn(CC)c(Oc2ccc([N+](=O)[O-])cc2S(=O)(=O)N[C@@H](C)CC)c1C. The van der Waals surface area contributed by atoms with Crippen molar-refractivity contribution >= 4 is 21.6 Å². The van der Waals surface area contributed by atoms with Gasteiger partial charge in [-0.3, -0.25) is 14.9 Å². The molecule has 1 aromatic carbocycles. The van der Waals surface area contributed by atoms with Gasteiger partial charge >= 0.3 is 0 Å². The van der Waals surface area contributed by atoms with E-state index in [1.165, 1.54) is 10.7 Å². The van der Waals surface area contributed by atoms with E-state index >= 15 is 0 Å². The van der Waals surface area contributed by atoms with Crippen molar-refractivity contribution < 1.29 is 22.9 Å². The number of sulfonamides is 1. The first-order valence-electron chi connectivity index (χ1n) is 10.8. The van der Waals surface area contributed by atoms with Crippen molar-refractivity contribution in [2.45, 2.75) is 77.9 Å². The van der Waals surface area contributed by atoms with Crippen LogP contribution in [0.1, 0.15) is 63.5 Å². The molecule has 0 aliphatic heterocycles. The van der Waals surface area contributed by atoms with E-state index in [0.717, 1.165) is 18.6 Å². The summed E-state index contributed by atoms with van der Waals surface area (Å²) in [6.45, 7) is 11.1. The molecular weight excluding hydrogens is 450 g/mol. The molecule has 0 saturated carbocycles. The normalized spacial score (nSPS) is 13.4. The molecule has 0 radical (unpaired) electrons. The molecule has 1 heterocycles. The fourth-order valence-corrected chi connectivity index (χ4v) is 4.38. The summed E-state index contributed by atoms with van der Waals surface area (Å²) in [6.07, 6.45) is 1.27. The van der Waals surface area contributed by atoms with Crippen molar-refractivity contribution in [1.29, 1.82) is 0 Å². The number of hydrogen-bond acceptors (Lipinski definition) is 7. The van der Waals surface area contributed by atoms with Crippen LogP contribution in [0.25, 0.3) is 0 Å². The molecule has 2 N–H and O–H groups in total. The average Bonchev–Trinajstić information content (AvgIpc) is 3.08. The Bertz CT molecular complexity index is 1130. The van der Waals surface area contributed by atoms with E-state index in [1.807, 2.05) is 20.8 Å². The van der Waals surface area contributed by atoms with E-state index in [0.29, 0.717) is 18.5 Å². The summed E-state index contributed by atoms with van der Waals surface area (Å²) >= 11 is 0. The zero-order valence-corrected chi connectivity index (χ0v) is 20.5. The maximum Gasteiger partial charge on any atom is 0.272 e. The Labute approximate surface area is 193 Å². The van der Waals surface area contributed by atoms with Crippen molar-refractivity contribution in [1.82, 2.24) is 19.8 Å². The van der Waals surface area contributed by atoms with E-state index in [-0.39, 0.29) is 45.9 Å². The first-order valence-corrected chi connectivity index (χ1v) is 12.3. The lowest BCUT2D eigenvalue weighted by atomic mass is 10.2.